The molecule has 0 aromatic heterocycles. The van der Waals surface area contributed by atoms with Crippen molar-refractivity contribution in [3.8, 4) is 0 Å². The largest absolute Gasteiger partial charge is 0.481 e. The van der Waals surface area contributed by atoms with Gasteiger partial charge < -0.3 is 10.4 Å². The molecule has 2 atom stereocenters. The Hall–Kier alpha value is -0.820. The molecule has 1 aromatic carbocycles. The standard InChI is InChI=1S/C13H13ClINO3/c14-10-6-7(2-4-11(10)15)12(17)16-9-3-1-8(5-9)13(18)19/h2,4,6,8-9H,1,3,5H2,(H,16,17)(H,18,19)/t8-,9+/m1/s1. The van der Waals surface area contributed by atoms with Crippen LogP contribution in [-0.2, 0) is 4.79 Å². The number of carboxylic acids is 1. The van der Waals surface area contributed by atoms with E-state index in [-0.39, 0.29) is 17.9 Å². The van der Waals surface area contributed by atoms with Crippen molar-refractivity contribution >= 4 is 46.1 Å². The Bertz CT molecular complexity index is 521. The highest BCUT2D eigenvalue weighted by Gasteiger charge is 2.30. The van der Waals surface area contributed by atoms with E-state index in [4.69, 9.17) is 16.7 Å². The van der Waals surface area contributed by atoms with Crippen molar-refractivity contribution < 1.29 is 14.7 Å². The number of nitrogens with one attached hydrogen (secondary N) is 1. The fourth-order valence-electron chi connectivity index (χ4n) is 2.24. The predicted molar refractivity (Wildman–Crippen MR) is 80.4 cm³/mol. The SMILES string of the molecule is O=C(N[C@H]1CC[C@@H](C(=O)O)C1)c1ccc(I)c(Cl)c1. The molecule has 1 aliphatic carbocycles. The monoisotopic (exact) mass is 393 g/mol. The highest BCUT2D eigenvalue weighted by atomic mass is 127. The Morgan fingerprint density at radius 2 is 2.11 bits per heavy atom. The van der Waals surface area contributed by atoms with Gasteiger partial charge in [-0.1, -0.05) is 11.6 Å². The summed E-state index contributed by atoms with van der Waals surface area (Å²) in [6.45, 7) is 0. The van der Waals surface area contributed by atoms with Gasteiger partial charge in [0.05, 0.1) is 10.9 Å². The summed E-state index contributed by atoms with van der Waals surface area (Å²) in [7, 11) is 0. The molecular formula is C13H13ClINO3. The van der Waals surface area contributed by atoms with Crippen molar-refractivity contribution in [3.05, 3.63) is 32.4 Å². The molecule has 0 saturated heterocycles. The Balaban J connectivity index is 1.98. The van der Waals surface area contributed by atoms with E-state index < -0.39 is 5.97 Å². The van der Waals surface area contributed by atoms with Gasteiger partial charge >= 0.3 is 5.97 Å². The molecule has 0 spiro atoms. The topological polar surface area (TPSA) is 66.4 Å². The number of carbonyl (C=O) groups excluding carboxylic acids is 1. The molecule has 0 unspecified atom stereocenters. The minimum atomic E-state index is -0.783. The van der Waals surface area contributed by atoms with E-state index in [0.29, 0.717) is 29.8 Å². The molecule has 19 heavy (non-hydrogen) atoms. The van der Waals surface area contributed by atoms with Crippen LogP contribution in [-0.4, -0.2) is 23.0 Å². The molecule has 0 radical (unpaired) electrons. The summed E-state index contributed by atoms with van der Waals surface area (Å²) in [5.74, 6) is -1.32. The Kier molecular flexibility index (Phi) is 4.67. The molecule has 6 heteroatoms. The van der Waals surface area contributed by atoms with Crippen molar-refractivity contribution in [3.63, 3.8) is 0 Å². The van der Waals surface area contributed by atoms with Gasteiger partial charge in [0.2, 0.25) is 0 Å². The first-order valence-corrected chi connectivity index (χ1v) is 7.41. The maximum absolute atomic E-state index is 12.0. The third-order valence-corrected chi connectivity index (χ3v) is 4.87. The lowest BCUT2D eigenvalue weighted by Gasteiger charge is -2.12. The summed E-state index contributed by atoms with van der Waals surface area (Å²) in [6.07, 6.45) is 1.83. The van der Waals surface area contributed by atoms with Gasteiger partial charge in [-0.25, -0.2) is 0 Å². The van der Waals surface area contributed by atoms with Gasteiger partial charge in [0.1, 0.15) is 0 Å². The van der Waals surface area contributed by atoms with Crippen molar-refractivity contribution in [2.75, 3.05) is 0 Å². The van der Waals surface area contributed by atoms with E-state index in [9.17, 15) is 9.59 Å². The van der Waals surface area contributed by atoms with E-state index in [1.54, 1.807) is 18.2 Å². The number of benzene rings is 1. The van der Waals surface area contributed by atoms with Crippen LogP contribution in [0.1, 0.15) is 29.6 Å². The zero-order chi connectivity index (χ0) is 14.0. The maximum atomic E-state index is 12.0. The molecule has 102 valence electrons. The highest BCUT2D eigenvalue weighted by Crippen LogP contribution is 2.26. The fourth-order valence-corrected chi connectivity index (χ4v) is 2.76. The Morgan fingerprint density at radius 3 is 2.68 bits per heavy atom. The summed E-state index contributed by atoms with van der Waals surface area (Å²) in [4.78, 5) is 22.9. The van der Waals surface area contributed by atoms with Crippen molar-refractivity contribution in [2.45, 2.75) is 25.3 Å². The summed E-state index contributed by atoms with van der Waals surface area (Å²) in [5.41, 5.74) is 0.504. The van der Waals surface area contributed by atoms with E-state index in [1.807, 2.05) is 0 Å². The van der Waals surface area contributed by atoms with Crippen LogP contribution < -0.4 is 5.32 Å². The molecule has 0 aliphatic heterocycles. The summed E-state index contributed by atoms with van der Waals surface area (Å²) in [5, 5.41) is 12.3. The molecule has 0 bridgehead atoms. The number of amides is 1. The third kappa shape index (κ3) is 3.60. The molecule has 1 saturated carbocycles. The lowest BCUT2D eigenvalue weighted by atomic mass is 10.1. The van der Waals surface area contributed by atoms with Gasteiger partial charge in [-0.15, -0.1) is 0 Å². The average molecular weight is 394 g/mol. The van der Waals surface area contributed by atoms with E-state index in [0.717, 1.165) is 3.57 Å². The molecule has 4 nitrogen and oxygen atoms in total. The first-order chi connectivity index (χ1) is 8.97. The van der Waals surface area contributed by atoms with E-state index in [2.05, 4.69) is 27.9 Å². The normalized spacial score (nSPS) is 22.2. The van der Waals surface area contributed by atoms with Crippen molar-refractivity contribution in [1.82, 2.24) is 5.32 Å². The van der Waals surface area contributed by atoms with Crippen LogP contribution in [0.2, 0.25) is 5.02 Å². The zero-order valence-corrected chi connectivity index (χ0v) is 12.9. The number of rotatable bonds is 3. The van der Waals surface area contributed by atoms with Crippen LogP contribution >= 0.6 is 34.2 Å². The number of hydrogen-bond acceptors (Lipinski definition) is 2. The average Bonchev–Trinajstić information content (AvgIpc) is 2.81. The second kappa shape index (κ2) is 6.09. The quantitative estimate of drug-likeness (QED) is 0.776. The summed E-state index contributed by atoms with van der Waals surface area (Å²) >= 11 is 8.07. The van der Waals surface area contributed by atoms with Crippen LogP contribution in [0, 0.1) is 9.49 Å². The second-order valence-corrected chi connectivity index (χ2v) is 6.22. The predicted octanol–water partition coefficient (Wildman–Crippen LogP) is 2.93. The first-order valence-electron chi connectivity index (χ1n) is 5.96. The van der Waals surface area contributed by atoms with Crippen LogP contribution in [0.5, 0.6) is 0 Å². The number of aliphatic carboxylic acids is 1. The lowest BCUT2D eigenvalue weighted by Crippen LogP contribution is -2.33. The summed E-state index contributed by atoms with van der Waals surface area (Å²) < 4.78 is 0.891. The van der Waals surface area contributed by atoms with Gasteiger partial charge in [0.15, 0.2) is 0 Å². The van der Waals surface area contributed by atoms with Gasteiger partial charge in [0.25, 0.3) is 5.91 Å². The maximum Gasteiger partial charge on any atom is 0.306 e. The number of carbonyl (C=O) groups is 2. The molecule has 1 aromatic rings. The lowest BCUT2D eigenvalue weighted by molar-refractivity contribution is -0.141. The minimum absolute atomic E-state index is 0.0633. The second-order valence-electron chi connectivity index (χ2n) is 4.65. The Labute approximate surface area is 129 Å². The Morgan fingerprint density at radius 1 is 1.37 bits per heavy atom. The van der Waals surface area contributed by atoms with Crippen LogP contribution in [0.4, 0.5) is 0 Å². The van der Waals surface area contributed by atoms with Gasteiger partial charge in [-0.05, 0) is 60.1 Å². The van der Waals surface area contributed by atoms with Gasteiger partial charge in [-0.3, -0.25) is 9.59 Å². The molecule has 2 rings (SSSR count). The zero-order valence-electron chi connectivity index (χ0n) is 10.0. The number of halogens is 2. The van der Waals surface area contributed by atoms with Crippen LogP contribution in [0.3, 0.4) is 0 Å². The fraction of sp³-hybridized carbons (Fsp3) is 0.385. The molecule has 1 amide bonds. The molecule has 2 N–H and O–H groups in total. The van der Waals surface area contributed by atoms with E-state index in [1.165, 1.54) is 0 Å². The first kappa shape index (κ1) is 14.6. The molecule has 1 fully saturated rings. The molecular weight excluding hydrogens is 381 g/mol. The number of carboxylic acid groups (broad SMARTS) is 1. The van der Waals surface area contributed by atoms with Crippen LogP contribution in [0.25, 0.3) is 0 Å². The molecule has 1 aliphatic rings. The smallest absolute Gasteiger partial charge is 0.306 e. The summed E-state index contributed by atoms with van der Waals surface area (Å²) in [6, 6.07) is 5.06. The minimum Gasteiger partial charge on any atom is -0.481 e. The number of hydrogen-bond donors (Lipinski definition) is 2. The highest BCUT2D eigenvalue weighted by molar-refractivity contribution is 14.1. The molecule has 0 heterocycles. The van der Waals surface area contributed by atoms with Crippen LogP contribution in [0.15, 0.2) is 18.2 Å². The van der Waals surface area contributed by atoms with Gasteiger partial charge in [-0.2, -0.15) is 0 Å². The van der Waals surface area contributed by atoms with E-state index >= 15 is 0 Å². The van der Waals surface area contributed by atoms with Crippen molar-refractivity contribution in [1.29, 1.82) is 0 Å². The van der Waals surface area contributed by atoms with Crippen molar-refractivity contribution in [2.24, 2.45) is 5.92 Å². The van der Waals surface area contributed by atoms with Gasteiger partial charge in [0, 0.05) is 15.2 Å². The third-order valence-electron chi connectivity index (χ3n) is 3.30.